The molecule has 4 N–H and O–H groups in total. The average molecular weight is 497 g/mol. The van der Waals surface area contributed by atoms with Gasteiger partial charge in [-0.3, -0.25) is 0 Å². The van der Waals surface area contributed by atoms with E-state index in [1.165, 1.54) is 89.4 Å². The summed E-state index contributed by atoms with van der Waals surface area (Å²) in [4.78, 5) is 15.5. The van der Waals surface area contributed by atoms with E-state index >= 15 is 0 Å². The topological polar surface area (TPSA) is 63.2 Å². The molecular formula is C33H44N4. The van der Waals surface area contributed by atoms with Crippen LogP contribution in [0.4, 0.5) is 0 Å². The van der Waals surface area contributed by atoms with E-state index in [0.717, 1.165) is 44.9 Å². The van der Waals surface area contributed by atoms with Crippen molar-refractivity contribution in [3.8, 4) is 11.4 Å². The molecule has 4 aromatic rings. The molecule has 4 aromatic heterocycles. The smallest absolute Gasteiger partial charge is 0.0662 e. The van der Waals surface area contributed by atoms with E-state index < -0.39 is 0 Å². The third-order valence-electron chi connectivity index (χ3n) is 8.83. The summed E-state index contributed by atoms with van der Waals surface area (Å²) in [6.07, 6.45) is 11.7. The second-order valence-corrected chi connectivity index (χ2v) is 10.6. The van der Waals surface area contributed by atoms with Crippen molar-refractivity contribution in [3.63, 3.8) is 0 Å². The van der Waals surface area contributed by atoms with Gasteiger partial charge in [0.05, 0.1) is 11.4 Å². The second-order valence-electron chi connectivity index (χ2n) is 10.6. The van der Waals surface area contributed by atoms with Gasteiger partial charge in [-0.05, 0) is 109 Å². The number of fused-ring (bicyclic) bond motifs is 9. The molecule has 0 fully saturated rings. The van der Waals surface area contributed by atoms with Crippen LogP contribution in [0.15, 0.2) is 0 Å². The third kappa shape index (κ3) is 3.96. The van der Waals surface area contributed by atoms with Crippen molar-refractivity contribution in [2.45, 2.75) is 100 Å². The minimum absolute atomic E-state index is 0.903. The summed E-state index contributed by atoms with van der Waals surface area (Å²) in [5.74, 6) is 0. The van der Waals surface area contributed by atoms with Crippen LogP contribution in [0.5, 0.6) is 0 Å². The normalized spacial score (nSPS) is 12.8. The van der Waals surface area contributed by atoms with Gasteiger partial charge in [0, 0.05) is 39.9 Å². The summed E-state index contributed by atoms with van der Waals surface area (Å²) >= 11 is 0. The molecular weight excluding hydrogens is 452 g/mol. The zero-order valence-corrected chi connectivity index (χ0v) is 24.1. The highest BCUT2D eigenvalue weighted by molar-refractivity contribution is 5.73. The van der Waals surface area contributed by atoms with Crippen molar-refractivity contribution in [1.29, 1.82) is 0 Å². The van der Waals surface area contributed by atoms with Gasteiger partial charge in [0.1, 0.15) is 0 Å². The number of hydrogen-bond donors (Lipinski definition) is 4. The van der Waals surface area contributed by atoms with E-state index in [1.54, 1.807) is 0 Å². The number of nitrogens with one attached hydrogen (secondary N) is 4. The first-order chi connectivity index (χ1) is 17.9. The monoisotopic (exact) mass is 496 g/mol. The molecule has 37 heavy (non-hydrogen) atoms. The second kappa shape index (κ2) is 9.96. The van der Waals surface area contributed by atoms with Crippen LogP contribution in [0.2, 0.25) is 0 Å². The van der Waals surface area contributed by atoms with Crippen LogP contribution in [-0.2, 0) is 44.9 Å². The van der Waals surface area contributed by atoms with Crippen molar-refractivity contribution in [2.24, 2.45) is 0 Å². The fourth-order valence-corrected chi connectivity index (χ4v) is 6.88. The first kappa shape index (κ1) is 25.5. The highest BCUT2D eigenvalue weighted by Crippen LogP contribution is 2.36. The third-order valence-corrected chi connectivity index (χ3v) is 8.83. The molecule has 1 aliphatic rings. The zero-order chi connectivity index (χ0) is 26.4. The lowest BCUT2D eigenvalue weighted by atomic mass is 9.97. The van der Waals surface area contributed by atoms with Gasteiger partial charge in [0.2, 0.25) is 0 Å². The minimum atomic E-state index is 0.903. The molecule has 0 aliphatic carbocycles. The summed E-state index contributed by atoms with van der Waals surface area (Å²) in [6, 6.07) is 0. The summed E-state index contributed by atoms with van der Waals surface area (Å²) in [5, 5.41) is 2.44. The van der Waals surface area contributed by atoms with Gasteiger partial charge in [-0.25, -0.2) is 0 Å². The van der Waals surface area contributed by atoms with Crippen LogP contribution in [0, 0.1) is 13.8 Å². The van der Waals surface area contributed by atoms with Gasteiger partial charge in [0.25, 0.3) is 0 Å². The summed E-state index contributed by atoms with van der Waals surface area (Å²) < 4.78 is 0. The zero-order valence-electron chi connectivity index (χ0n) is 24.1. The molecule has 0 radical (unpaired) electrons. The largest absolute Gasteiger partial charge is 0.358 e. The Bertz CT molecular complexity index is 1580. The fraction of sp³-hybridized carbons (Fsp3) is 0.455. The highest BCUT2D eigenvalue weighted by Gasteiger charge is 2.24. The van der Waals surface area contributed by atoms with Gasteiger partial charge >= 0.3 is 0 Å². The number of rotatable bonds is 6. The lowest BCUT2D eigenvalue weighted by Gasteiger charge is -2.06. The van der Waals surface area contributed by atoms with Crippen molar-refractivity contribution in [2.75, 3.05) is 0 Å². The predicted octanol–water partition coefficient (Wildman–Crippen LogP) is 6.22. The van der Waals surface area contributed by atoms with Gasteiger partial charge < -0.3 is 19.9 Å². The van der Waals surface area contributed by atoms with E-state index in [2.05, 4.69) is 87.5 Å². The predicted molar refractivity (Wildman–Crippen MR) is 157 cm³/mol. The standard InChI is InChI=1S/C33H44N4/c1-9-20-18(7)27-16-30-22(11-3)24(13-5)32(36-30)33-25(14-6)23(12-4)31(37-33)17-29-21(10-2)19(8)26(35-29)15-28(20)34-27/h15,17,34-37H,9-14,16H2,1-8H3. The van der Waals surface area contributed by atoms with Crippen LogP contribution < -0.4 is 10.7 Å². The summed E-state index contributed by atoms with van der Waals surface area (Å²) in [5.41, 5.74) is 19.2. The Labute approximate surface area is 221 Å². The Balaban J connectivity index is 1.94. The highest BCUT2D eigenvalue weighted by atomic mass is 14.8. The van der Waals surface area contributed by atoms with Gasteiger partial charge in [-0.1, -0.05) is 41.5 Å². The van der Waals surface area contributed by atoms with E-state index in [1.807, 2.05) is 0 Å². The van der Waals surface area contributed by atoms with E-state index in [0.29, 0.717) is 0 Å². The van der Waals surface area contributed by atoms with Crippen LogP contribution in [0.3, 0.4) is 0 Å². The summed E-state index contributed by atoms with van der Waals surface area (Å²) in [7, 11) is 0. The van der Waals surface area contributed by atoms with Gasteiger partial charge in [-0.15, -0.1) is 0 Å². The maximum Gasteiger partial charge on any atom is 0.0662 e. The average Bonchev–Trinajstić information content (AvgIpc) is 3.59. The first-order valence-corrected chi connectivity index (χ1v) is 14.5. The molecule has 5 rings (SSSR count). The molecule has 8 bridgehead atoms. The molecule has 0 saturated carbocycles. The number of aromatic nitrogens is 4. The van der Waals surface area contributed by atoms with Gasteiger partial charge in [-0.2, -0.15) is 0 Å². The quantitative estimate of drug-likeness (QED) is 0.216. The molecule has 1 aliphatic heterocycles. The molecule has 0 unspecified atom stereocenters. The van der Waals surface area contributed by atoms with Crippen LogP contribution in [0.25, 0.3) is 23.5 Å². The fourth-order valence-electron chi connectivity index (χ4n) is 6.88. The van der Waals surface area contributed by atoms with Crippen molar-refractivity contribution >= 4 is 12.2 Å². The molecule has 4 nitrogen and oxygen atoms in total. The maximum absolute atomic E-state index is 3.95. The lowest BCUT2D eigenvalue weighted by Crippen LogP contribution is -2.13. The first-order valence-electron chi connectivity index (χ1n) is 14.5. The maximum atomic E-state index is 3.95. The molecule has 4 heteroatoms. The van der Waals surface area contributed by atoms with Crippen LogP contribution >= 0.6 is 0 Å². The number of H-pyrrole nitrogens is 4. The summed E-state index contributed by atoms with van der Waals surface area (Å²) in [6.45, 7) is 18.3. The van der Waals surface area contributed by atoms with Gasteiger partial charge in [0.15, 0.2) is 0 Å². The SMILES string of the molecule is CCc1c2[nH]c(c1C)Cc1[nH]c(c(CC)c1CC)-c1[nH]c(c(CC)c1CC)C=c1[nH]c(c(C)c1CC)=C2. The minimum Gasteiger partial charge on any atom is -0.358 e. The Hall–Kier alpha value is -3.14. The van der Waals surface area contributed by atoms with E-state index in [4.69, 9.17) is 0 Å². The van der Waals surface area contributed by atoms with E-state index in [-0.39, 0.29) is 0 Å². The van der Waals surface area contributed by atoms with Crippen LogP contribution in [0.1, 0.15) is 109 Å². The molecule has 0 saturated heterocycles. The van der Waals surface area contributed by atoms with Crippen molar-refractivity contribution < 1.29 is 0 Å². The Morgan fingerprint density at radius 3 is 1.65 bits per heavy atom. The molecule has 196 valence electrons. The molecule has 0 aromatic carbocycles. The molecule has 5 heterocycles. The number of aromatic amines is 4. The number of hydrogen-bond acceptors (Lipinski definition) is 0. The molecule has 0 atom stereocenters. The Kier molecular flexibility index (Phi) is 6.87. The van der Waals surface area contributed by atoms with Crippen LogP contribution in [-0.4, -0.2) is 19.9 Å². The van der Waals surface area contributed by atoms with Crippen molar-refractivity contribution in [1.82, 2.24) is 19.9 Å². The molecule has 0 amide bonds. The van der Waals surface area contributed by atoms with E-state index in [9.17, 15) is 0 Å². The lowest BCUT2D eigenvalue weighted by molar-refractivity contribution is 0.977. The Morgan fingerprint density at radius 2 is 1.03 bits per heavy atom. The molecule has 0 spiro atoms. The Morgan fingerprint density at radius 1 is 0.486 bits per heavy atom. The van der Waals surface area contributed by atoms with Crippen molar-refractivity contribution in [3.05, 3.63) is 78.0 Å².